The Morgan fingerprint density at radius 1 is 1.35 bits per heavy atom. The van der Waals surface area contributed by atoms with Crippen molar-refractivity contribution in [2.75, 3.05) is 11.9 Å². The number of ether oxygens (including phenoxy) is 1. The van der Waals surface area contributed by atoms with Gasteiger partial charge in [-0.3, -0.25) is 14.6 Å². The van der Waals surface area contributed by atoms with Crippen LogP contribution < -0.4 is 5.32 Å². The van der Waals surface area contributed by atoms with Crippen molar-refractivity contribution in [1.29, 1.82) is 0 Å². The Morgan fingerprint density at radius 3 is 2.45 bits per heavy atom. The van der Waals surface area contributed by atoms with Gasteiger partial charge in [-0.25, -0.2) is 4.98 Å². The minimum absolute atomic E-state index is 0.181. The Hall–Kier alpha value is -2.02. The first kappa shape index (κ1) is 16.0. The molecule has 0 aliphatic heterocycles. The first-order chi connectivity index (χ1) is 9.20. The maximum Gasteiger partial charge on any atom is 0.302 e. The Labute approximate surface area is 117 Å². The Balaban J connectivity index is 2.64. The van der Waals surface area contributed by atoms with Crippen LogP contribution in [-0.2, 0) is 14.3 Å². The predicted octanol–water partition coefficient (Wildman–Crippen LogP) is 1.06. The number of esters is 1. The average Bonchev–Trinajstić information content (AvgIpc) is 2.35. The number of aromatic nitrogens is 2. The SMILES string of the molecule is CC(=O)OCC(O)c1cnc(NC(=O)C(C)(C)C)cn1. The van der Waals surface area contributed by atoms with E-state index in [-0.39, 0.29) is 18.2 Å². The fourth-order valence-electron chi connectivity index (χ4n) is 1.16. The molecule has 2 N–H and O–H groups in total. The average molecular weight is 281 g/mol. The number of hydrogen-bond donors (Lipinski definition) is 2. The van der Waals surface area contributed by atoms with Gasteiger partial charge in [0.25, 0.3) is 0 Å². The number of carbonyl (C=O) groups excluding carboxylic acids is 2. The summed E-state index contributed by atoms with van der Waals surface area (Å²) in [6.07, 6.45) is 1.63. The molecular formula is C13H19N3O4. The topological polar surface area (TPSA) is 101 Å². The molecule has 20 heavy (non-hydrogen) atoms. The van der Waals surface area contributed by atoms with E-state index in [0.29, 0.717) is 5.82 Å². The predicted molar refractivity (Wildman–Crippen MR) is 71.7 cm³/mol. The van der Waals surface area contributed by atoms with Crippen molar-refractivity contribution in [2.45, 2.75) is 33.8 Å². The van der Waals surface area contributed by atoms with Gasteiger partial charge in [0.2, 0.25) is 5.91 Å². The molecule has 1 amide bonds. The molecule has 1 rings (SSSR count). The van der Waals surface area contributed by atoms with Gasteiger partial charge < -0.3 is 15.2 Å². The zero-order chi connectivity index (χ0) is 15.3. The van der Waals surface area contributed by atoms with E-state index in [1.165, 1.54) is 19.3 Å². The Bertz CT molecular complexity index is 479. The molecule has 7 nitrogen and oxygen atoms in total. The van der Waals surface area contributed by atoms with E-state index in [2.05, 4.69) is 20.0 Å². The van der Waals surface area contributed by atoms with E-state index in [1.54, 1.807) is 20.8 Å². The minimum atomic E-state index is -1.04. The number of rotatable bonds is 4. The van der Waals surface area contributed by atoms with E-state index in [9.17, 15) is 14.7 Å². The third-order valence-electron chi connectivity index (χ3n) is 2.38. The fraction of sp³-hybridized carbons (Fsp3) is 0.538. The van der Waals surface area contributed by atoms with Gasteiger partial charge in [-0.2, -0.15) is 0 Å². The second-order valence-corrected chi connectivity index (χ2v) is 5.35. The van der Waals surface area contributed by atoms with Crippen LogP contribution in [0.25, 0.3) is 0 Å². The van der Waals surface area contributed by atoms with Gasteiger partial charge in [-0.1, -0.05) is 20.8 Å². The third-order valence-corrected chi connectivity index (χ3v) is 2.38. The van der Waals surface area contributed by atoms with Crippen molar-refractivity contribution in [3.8, 4) is 0 Å². The first-order valence-corrected chi connectivity index (χ1v) is 6.15. The minimum Gasteiger partial charge on any atom is -0.463 e. The van der Waals surface area contributed by atoms with Crippen molar-refractivity contribution in [2.24, 2.45) is 5.41 Å². The lowest BCUT2D eigenvalue weighted by Gasteiger charge is -2.17. The molecule has 1 atom stereocenters. The maximum absolute atomic E-state index is 11.7. The summed E-state index contributed by atoms with van der Waals surface area (Å²) < 4.78 is 4.67. The molecule has 1 aromatic rings. The maximum atomic E-state index is 11.7. The molecule has 0 radical (unpaired) electrons. The van der Waals surface area contributed by atoms with Crippen molar-refractivity contribution in [1.82, 2.24) is 9.97 Å². The van der Waals surface area contributed by atoms with Crippen LogP contribution in [0.5, 0.6) is 0 Å². The zero-order valence-corrected chi connectivity index (χ0v) is 12.0. The fourth-order valence-corrected chi connectivity index (χ4v) is 1.16. The van der Waals surface area contributed by atoms with Gasteiger partial charge in [-0.05, 0) is 0 Å². The number of carbonyl (C=O) groups is 2. The van der Waals surface area contributed by atoms with E-state index in [0.717, 1.165) is 0 Å². The van der Waals surface area contributed by atoms with Gasteiger partial charge in [0.1, 0.15) is 12.7 Å². The van der Waals surface area contributed by atoms with Crippen LogP contribution in [0.3, 0.4) is 0 Å². The molecule has 1 heterocycles. The Kier molecular flexibility index (Phi) is 5.15. The highest BCUT2D eigenvalue weighted by molar-refractivity contribution is 5.93. The van der Waals surface area contributed by atoms with Crippen molar-refractivity contribution < 1.29 is 19.4 Å². The smallest absolute Gasteiger partial charge is 0.302 e. The van der Waals surface area contributed by atoms with Gasteiger partial charge in [0.15, 0.2) is 5.82 Å². The Morgan fingerprint density at radius 2 is 2.00 bits per heavy atom. The molecule has 1 unspecified atom stereocenters. The lowest BCUT2D eigenvalue weighted by molar-refractivity contribution is -0.144. The largest absolute Gasteiger partial charge is 0.463 e. The van der Waals surface area contributed by atoms with E-state index < -0.39 is 17.5 Å². The lowest BCUT2D eigenvalue weighted by atomic mass is 9.96. The van der Waals surface area contributed by atoms with E-state index >= 15 is 0 Å². The van der Waals surface area contributed by atoms with E-state index in [1.807, 2.05) is 0 Å². The number of nitrogens with zero attached hydrogens (tertiary/aromatic N) is 2. The van der Waals surface area contributed by atoms with Crippen LogP contribution in [0.15, 0.2) is 12.4 Å². The molecule has 1 aromatic heterocycles. The van der Waals surface area contributed by atoms with Gasteiger partial charge >= 0.3 is 5.97 Å². The summed E-state index contributed by atoms with van der Waals surface area (Å²) in [4.78, 5) is 30.3. The van der Waals surface area contributed by atoms with E-state index in [4.69, 9.17) is 0 Å². The van der Waals surface area contributed by atoms with Crippen LogP contribution in [-0.4, -0.2) is 33.6 Å². The van der Waals surface area contributed by atoms with Crippen LogP contribution in [0.2, 0.25) is 0 Å². The normalized spacial score (nSPS) is 12.7. The van der Waals surface area contributed by atoms with Crippen LogP contribution in [0.4, 0.5) is 5.82 Å². The summed E-state index contributed by atoms with van der Waals surface area (Å²) in [5.41, 5.74) is -0.269. The summed E-state index contributed by atoms with van der Waals surface area (Å²) >= 11 is 0. The monoisotopic (exact) mass is 281 g/mol. The number of hydrogen-bond acceptors (Lipinski definition) is 6. The summed E-state index contributed by atoms with van der Waals surface area (Å²) in [5.74, 6) is -0.362. The highest BCUT2D eigenvalue weighted by Crippen LogP contribution is 2.16. The molecule has 110 valence electrons. The molecule has 0 fully saturated rings. The molecule has 0 aromatic carbocycles. The van der Waals surface area contributed by atoms with Crippen LogP contribution >= 0.6 is 0 Å². The van der Waals surface area contributed by atoms with Crippen molar-refractivity contribution in [3.63, 3.8) is 0 Å². The number of nitrogens with one attached hydrogen (secondary N) is 1. The third kappa shape index (κ3) is 4.93. The highest BCUT2D eigenvalue weighted by atomic mass is 16.5. The van der Waals surface area contributed by atoms with Gasteiger partial charge in [0.05, 0.1) is 18.1 Å². The molecule has 0 spiro atoms. The standard InChI is InChI=1S/C13H19N3O4/c1-8(17)20-7-10(18)9-5-15-11(6-14-9)16-12(19)13(2,3)4/h5-6,10,18H,7H2,1-4H3,(H,15,16,19). The zero-order valence-electron chi connectivity index (χ0n) is 12.0. The summed E-state index contributed by atoms with van der Waals surface area (Å²) in [5, 5.41) is 12.3. The highest BCUT2D eigenvalue weighted by Gasteiger charge is 2.21. The summed E-state index contributed by atoms with van der Waals surface area (Å²) in [6, 6.07) is 0. The summed E-state index contributed by atoms with van der Waals surface area (Å²) in [6.45, 7) is 6.42. The number of amides is 1. The number of aliphatic hydroxyl groups is 1. The quantitative estimate of drug-likeness (QED) is 0.800. The molecule has 0 saturated heterocycles. The molecule has 7 heteroatoms. The first-order valence-electron chi connectivity index (χ1n) is 6.15. The second-order valence-electron chi connectivity index (χ2n) is 5.35. The second kappa shape index (κ2) is 6.42. The van der Waals surface area contributed by atoms with Gasteiger partial charge in [-0.15, -0.1) is 0 Å². The van der Waals surface area contributed by atoms with Crippen LogP contribution in [0, 0.1) is 5.41 Å². The van der Waals surface area contributed by atoms with Gasteiger partial charge in [0, 0.05) is 12.3 Å². The number of anilines is 1. The molecule has 0 aliphatic carbocycles. The molecule has 0 saturated carbocycles. The lowest BCUT2D eigenvalue weighted by Crippen LogP contribution is -2.28. The molecular weight excluding hydrogens is 262 g/mol. The molecule has 0 bridgehead atoms. The summed E-state index contributed by atoms with van der Waals surface area (Å²) in [7, 11) is 0. The number of aliphatic hydroxyl groups excluding tert-OH is 1. The van der Waals surface area contributed by atoms with Crippen molar-refractivity contribution >= 4 is 17.7 Å². The van der Waals surface area contributed by atoms with Crippen LogP contribution in [0.1, 0.15) is 39.5 Å². The van der Waals surface area contributed by atoms with Crippen molar-refractivity contribution in [3.05, 3.63) is 18.1 Å². The molecule has 0 aliphatic rings.